The summed E-state index contributed by atoms with van der Waals surface area (Å²) in [4.78, 5) is 20.0. The zero-order valence-electron chi connectivity index (χ0n) is 22.5. The Morgan fingerprint density at radius 1 is 0.895 bits per heavy atom. The summed E-state index contributed by atoms with van der Waals surface area (Å²) in [5, 5.41) is 9.50. The zero-order valence-corrected chi connectivity index (χ0v) is 24.9. The van der Waals surface area contributed by atoms with Gasteiger partial charge in [-0.25, -0.2) is 9.97 Å². The van der Waals surface area contributed by atoms with Gasteiger partial charge in [-0.05, 0) is 62.4 Å². The van der Waals surface area contributed by atoms with Crippen molar-refractivity contribution in [3.05, 3.63) is 57.9 Å². The number of hydrogen-bond donors (Lipinski definition) is 2. The molecule has 2 aromatic heterocycles. The Bertz CT molecular complexity index is 1360. The molecule has 4 aromatic rings. The van der Waals surface area contributed by atoms with E-state index < -0.39 is 0 Å². The maximum Gasteiger partial charge on any atom is 0.225 e. The highest BCUT2D eigenvalue weighted by Gasteiger charge is 2.23. The number of fused-ring (bicyclic) bond motifs is 1. The molecule has 1 aliphatic rings. The summed E-state index contributed by atoms with van der Waals surface area (Å²) in [6, 6.07) is 17.1. The van der Waals surface area contributed by atoms with Gasteiger partial charge in [0.15, 0.2) is 5.13 Å². The number of aromatic nitrogens is 3. The Morgan fingerprint density at radius 3 is 2.34 bits per heavy atom. The van der Waals surface area contributed by atoms with Gasteiger partial charge >= 0.3 is 0 Å². The summed E-state index contributed by atoms with van der Waals surface area (Å²) in [7, 11) is 8.18. The second kappa shape index (κ2) is 12.0. The van der Waals surface area contributed by atoms with Crippen LogP contribution < -0.4 is 20.4 Å². The van der Waals surface area contributed by atoms with Gasteiger partial charge in [0.1, 0.15) is 5.82 Å². The molecule has 38 heavy (non-hydrogen) atoms. The molecule has 1 saturated carbocycles. The SMILES string of the molecule is CN(C)c1nc(-c2ccc(Br)cc2)c(CNCC2CCC(Nc3nc(N(C)C)c4ccccc4n3)CC2)s1. The van der Waals surface area contributed by atoms with E-state index in [4.69, 9.17) is 15.0 Å². The van der Waals surface area contributed by atoms with Gasteiger partial charge in [0.05, 0.1) is 11.2 Å². The third kappa shape index (κ3) is 6.27. The second-order valence-electron chi connectivity index (χ2n) is 10.4. The molecule has 0 bridgehead atoms. The van der Waals surface area contributed by atoms with Crippen LogP contribution in [0.5, 0.6) is 0 Å². The molecule has 0 radical (unpaired) electrons. The van der Waals surface area contributed by atoms with Gasteiger partial charge < -0.3 is 20.4 Å². The Kier molecular flexibility index (Phi) is 8.45. The maximum absolute atomic E-state index is 4.93. The number of hydrogen-bond acceptors (Lipinski definition) is 8. The van der Waals surface area contributed by atoms with Crippen molar-refractivity contribution in [1.82, 2.24) is 20.3 Å². The van der Waals surface area contributed by atoms with Crippen LogP contribution in [0.1, 0.15) is 30.6 Å². The van der Waals surface area contributed by atoms with E-state index in [-0.39, 0.29) is 0 Å². The van der Waals surface area contributed by atoms with Crippen molar-refractivity contribution < 1.29 is 0 Å². The van der Waals surface area contributed by atoms with E-state index in [1.807, 2.05) is 26.2 Å². The van der Waals surface area contributed by atoms with Crippen molar-refractivity contribution in [2.45, 2.75) is 38.3 Å². The van der Waals surface area contributed by atoms with Crippen LogP contribution in [-0.4, -0.2) is 55.7 Å². The first-order valence-electron chi connectivity index (χ1n) is 13.2. The minimum absolute atomic E-state index is 0.413. The van der Waals surface area contributed by atoms with Gasteiger partial charge in [-0.1, -0.05) is 51.5 Å². The average molecular weight is 595 g/mol. The van der Waals surface area contributed by atoms with Gasteiger partial charge in [-0.2, -0.15) is 4.98 Å². The average Bonchev–Trinajstić information content (AvgIpc) is 3.34. The van der Waals surface area contributed by atoms with Crippen molar-refractivity contribution in [3.8, 4) is 11.3 Å². The molecule has 0 saturated heterocycles. The van der Waals surface area contributed by atoms with Crippen LogP contribution >= 0.6 is 27.3 Å². The molecule has 1 fully saturated rings. The Labute approximate surface area is 237 Å². The normalized spacial score (nSPS) is 17.5. The van der Waals surface area contributed by atoms with Gasteiger partial charge in [-0.3, -0.25) is 0 Å². The predicted molar refractivity (Wildman–Crippen MR) is 165 cm³/mol. The summed E-state index contributed by atoms with van der Waals surface area (Å²) < 4.78 is 1.08. The fourth-order valence-corrected chi connectivity index (χ4v) is 6.27. The molecule has 0 atom stereocenters. The summed E-state index contributed by atoms with van der Waals surface area (Å²) >= 11 is 5.31. The number of nitrogens with one attached hydrogen (secondary N) is 2. The van der Waals surface area contributed by atoms with Gasteiger partial charge in [0.25, 0.3) is 0 Å². The number of anilines is 3. The molecule has 0 spiro atoms. The quantitative estimate of drug-likeness (QED) is 0.232. The third-order valence-electron chi connectivity index (χ3n) is 7.09. The van der Waals surface area contributed by atoms with Crippen LogP contribution in [0.25, 0.3) is 22.2 Å². The number of nitrogens with zero attached hydrogens (tertiary/aromatic N) is 5. The lowest BCUT2D eigenvalue weighted by Crippen LogP contribution is -2.31. The highest BCUT2D eigenvalue weighted by Crippen LogP contribution is 2.33. The maximum atomic E-state index is 4.93. The Hall–Kier alpha value is -2.75. The molecule has 0 aliphatic heterocycles. The smallest absolute Gasteiger partial charge is 0.225 e. The van der Waals surface area contributed by atoms with Crippen LogP contribution in [0.3, 0.4) is 0 Å². The summed E-state index contributed by atoms with van der Waals surface area (Å²) in [5.41, 5.74) is 3.22. The second-order valence-corrected chi connectivity index (χ2v) is 12.4. The number of halogens is 1. The molecule has 2 heterocycles. The fourth-order valence-electron chi connectivity index (χ4n) is 5.03. The van der Waals surface area contributed by atoms with Crippen LogP contribution in [0.15, 0.2) is 53.0 Å². The molecule has 2 N–H and O–H groups in total. The number of para-hydroxylation sites is 1. The summed E-state index contributed by atoms with van der Waals surface area (Å²) in [5.74, 6) is 2.37. The number of thiazole rings is 1. The van der Waals surface area contributed by atoms with E-state index in [9.17, 15) is 0 Å². The zero-order chi connectivity index (χ0) is 26.6. The minimum atomic E-state index is 0.413. The Balaban J connectivity index is 1.16. The first-order valence-corrected chi connectivity index (χ1v) is 14.8. The number of rotatable bonds is 9. The predicted octanol–water partition coefficient (Wildman–Crippen LogP) is 6.41. The highest BCUT2D eigenvalue weighted by atomic mass is 79.9. The first-order chi connectivity index (χ1) is 18.4. The molecule has 0 amide bonds. The fraction of sp³-hybridized carbons (Fsp3) is 0.414. The molecule has 0 unspecified atom stereocenters. The molecule has 9 heteroatoms. The molecular weight excluding hydrogens is 558 g/mol. The molecule has 7 nitrogen and oxygen atoms in total. The topological polar surface area (TPSA) is 69.2 Å². The highest BCUT2D eigenvalue weighted by molar-refractivity contribution is 9.10. The summed E-state index contributed by atoms with van der Waals surface area (Å²) in [6.45, 7) is 1.87. The summed E-state index contributed by atoms with van der Waals surface area (Å²) in [6.07, 6.45) is 4.67. The van der Waals surface area contributed by atoms with Gasteiger partial charge in [0, 0.05) is 61.1 Å². The van der Waals surface area contributed by atoms with Crippen molar-refractivity contribution in [3.63, 3.8) is 0 Å². The molecule has 2 aromatic carbocycles. The van der Waals surface area contributed by atoms with Crippen LogP contribution in [0, 0.1) is 5.92 Å². The lowest BCUT2D eigenvalue weighted by Gasteiger charge is -2.29. The third-order valence-corrected chi connectivity index (χ3v) is 8.84. The van der Waals surface area contributed by atoms with E-state index in [1.54, 1.807) is 11.3 Å². The lowest BCUT2D eigenvalue weighted by molar-refractivity contribution is 0.324. The number of benzene rings is 2. The molecular formula is C29H36BrN7S. The van der Waals surface area contributed by atoms with Crippen LogP contribution in [-0.2, 0) is 6.54 Å². The van der Waals surface area contributed by atoms with Crippen LogP contribution in [0.4, 0.5) is 16.9 Å². The lowest BCUT2D eigenvalue weighted by atomic mass is 9.86. The van der Waals surface area contributed by atoms with E-state index in [0.29, 0.717) is 12.0 Å². The van der Waals surface area contributed by atoms with Crippen molar-refractivity contribution >= 4 is 55.1 Å². The molecule has 1 aliphatic carbocycles. The first kappa shape index (κ1) is 26.8. The van der Waals surface area contributed by atoms with Crippen molar-refractivity contribution in [2.75, 3.05) is 49.9 Å². The van der Waals surface area contributed by atoms with E-state index in [0.717, 1.165) is 69.5 Å². The standard InChI is InChI=1S/C29H36BrN7S/c1-36(2)27-23-7-5-6-8-24(23)33-28(35-27)32-22-15-9-19(10-16-22)17-31-18-25-26(34-29(38-25)37(3)4)20-11-13-21(30)14-12-20/h5-8,11-14,19,22,31H,9-10,15-18H2,1-4H3,(H,32,33,35). The molecule has 5 rings (SSSR count). The van der Waals surface area contributed by atoms with Gasteiger partial charge in [0.2, 0.25) is 5.95 Å². The van der Waals surface area contributed by atoms with Crippen molar-refractivity contribution in [1.29, 1.82) is 0 Å². The van der Waals surface area contributed by atoms with Crippen molar-refractivity contribution in [2.24, 2.45) is 5.92 Å². The minimum Gasteiger partial charge on any atom is -0.362 e. The molecule has 200 valence electrons. The monoisotopic (exact) mass is 593 g/mol. The Morgan fingerprint density at radius 2 is 1.63 bits per heavy atom. The van der Waals surface area contributed by atoms with E-state index >= 15 is 0 Å². The van der Waals surface area contributed by atoms with E-state index in [1.165, 1.54) is 17.7 Å². The largest absolute Gasteiger partial charge is 0.362 e. The van der Waals surface area contributed by atoms with Crippen LogP contribution in [0.2, 0.25) is 0 Å². The van der Waals surface area contributed by atoms with E-state index in [2.05, 4.69) is 86.9 Å². The van der Waals surface area contributed by atoms with Gasteiger partial charge in [-0.15, -0.1) is 0 Å².